The van der Waals surface area contributed by atoms with E-state index < -0.39 is 5.54 Å². The van der Waals surface area contributed by atoms with Gasteiger partial charge in [-0.05, 0) is 5.56 Å². The Hall–Kier alpha value is -3.74. The van der Waals surface area contributed by atoms with Crippen molar-refractivity contribution in [3.05, 3.63) is 90.6 Å². The number of nitrogens with zero attached hydrogens (tertiary/aromatic N) is 5. The first-order valence-corrected chi connectivity index (χ1v) is 8.96. The van der Waals surface area contributed by atoms with Gasteiger partial charge in [0, 0.05) is 11.6 Å². The average molecular weight is 371 g/mol. The first kappa shape index (κ1) is 16.4. The van der Waals surface area contributed by atoms with E-state index in [-0.39, 0.29) is 0 Å². The van der Waals surface area contributed by atoms with Crippen LogP contribution in [0.25, 0.3) is 11.3 Å². The van der Waals surface area contributed by atoms with Gasteiger partial charge in [0.1, 0.15) is 24.8 Å². The Morgan fingerprint density at radius 3 is 2.54 bits per heavy atom. The Morgan fingerprint density at radius 2 is 1.79 bits per heavy atom. The van der Waals surface area contributed by atoms with Gasteiger partial charge in [-0.25, -0.2) is 9.98 Å². The Balaban J connectivity index is 1.52. The largest absolute Gasteiger partial charge is 0.473 e. The topological polar surface area (TPSA) is 78.3 Å². The third kappa shape index (κ3) is 2.96. The second-order valence-corrected chi connectivity index (χ2v) is 6.64. The van der Waals surface area contributed by atoms with Crippen LogP contribution in [0.3, 0.4) is 0 Å². The molecule has 3 heterocycles. The second kappa shape index (κ2) is 6.77. The summed E-state index contributed by atoms with van der Waals surface area (Å²) in [5, 5.41) is 8.40. The molecule has 0 saturated heterocycles. The van der Waals surface area contributed by atoms with Crippen molar-refractivity contribution in [3.63, 3.8) is 0 Å². The highest BCUT2D eigenvalue weighted by atomic mass is 16.5. The van der Waals surface area contributed by atoms with E-state index in [0.29, 0.717) is 30.5 Å². The van der Waals surface area contributed by atoms with Crippen LogP contribution in [0, 0.1) is 0 Å². The Morgan fingerprint density at radius 1 is 1.00 bits per heavy atom. The molecule has 0 N–H and O–H groups in total. The highest BCUT2D eigenvalue weighted by molar-refractivity contribution is 5.94. The fourth-order valence-electron chi connectivity index (χ4n) is 3.34. The van der Waals surface area contributed by atoms with E-state index in [2.05, 4.69) is 15.2 Å². The summed E-state index contributed by atoms with van der Waals surface area (Å²) >= 11 is 0. The normalized spacial score (nSPS) is 18.6. The van der Waals surface area contributed by atoms with Gasteiger partial charge in [-0.15, -0.1) is 0 Å². The minimum atomic E-state index is -0.601. The summed E-state index contributed by atoms with van der Waals surface area (Å²) in [6.07, 6.45) is 3.20. The molecule has 7 nitrogen and oxygen atoms in total. The SMILES string of the molecule is c1ccc(-c2cc(C3=NC(Cn4cncn4)(c4ccccc4)CO3)no2)cc1. The van der Waals surface area contributed by atoms with Crippen molar-refractivity contribution in [3.8, 4) is 11.3 Å². The van der Waals surface area contributed by atoms with Crippen LogP contribution in [0.1, 0.15) is 11.3 Å². The molecule has 0 fully saturated rings. The summed E-state index contributed by atoms with van der Waals surface area (Å²) in [7, 11) is 0. The molecule has 0 spiro atoms. The smallest absolute Gasteiger partial charge is 0.240 e. The number of aliphatic imine (C=N–C) groups is 1. The lowest BCUT2D eigenvalue weighted by atomic mass is 9.92. The van der Waals surface area contributed by atoms with Gasteiger partial charge in [-0.1, -0.05) is 65.8 Å². The lowest BCUT2D eigenvalue weighted by Gasteiger charge is -2.24. The number of ether oxygens (including phenoxy) is 1. The molecule has 0 bridgehead atoms. The van der Waals surface area contributed by atoms with Crippen LogP contribution in [0.15, 0.2) is 88.9 Å². The van der Waals surface area contributed by atoms with Crippen molar-refractivity contribution in [2.45, 2.75) is 12.1 Å². The van der Waals surface area contributed by atoms with E-state index in [9.17, 15) is 0 Å². The van der Waals surface area contributed by atoms with E-state index in [1.807, 2.05) is 66.7 Å². The second-order valence-electron chi connectivity index (χ2n) is 6.64. The first-order chi connectivity index (χ1) is 13.8. The molecule has 2 aromatic carbocycles. The molecule has 28 heavy (non-hydrogen) atoms. The molecule has 1 aliphatic rings. The number of benzene rings is 2. The van der Waals surface area contributed by atoms with Crippen LogP contribution in [0.2, 0.25) is 0 Å². The molecule has 0 saturated carbocycles. The molecule has 1 aliphatic heterocycles. The van der Waals surface area contributed by atoms with Crippen LogP contribution >= 0.6 is 0 Å². The van der Waals surface area contributed by atoms with Gasteiger partial charge in [0.25, 0.3) is 0 Å². The van der Waals surface area contributed by atoms with Crippen LogP contribution in [0.4, 0.5) is 0 Å². The quantitative estimate of drug-likeness (QED) is 0.538. The number of aromatic nitrogens is 4. The molecule has 4 aromatic rings. The van der Waals surface area contributed by atoms with Gasteiger partial charge in [-0.2, -0.15) is 5.10 Å². The third-order valence-electron chi connectivity index (χ3n) is 4.75. The summed E-state index contributed by atoms with van der Waals surface area (Å²) in [4.78, 5) is 8.96. The third-order valence-corrected chi connectivity index (χ3v) is 4.75. The van der Waals surface area contributed by atoms with Crippen LogP contribution in [-0.2, 0) is 16.8 Å². The van der Waals surface area contributed by atoms with Crippen molar-refractivity contribution in [2.75, 3.05) is 6.61 Å². The molecule has 138 valence electrons. The predicted octanol–water partition coefficient (Wildman–Crippen LogP) is 3.31. The summed E-state index contributed by atoms with van der Waals surface area (Å²) in [6.45, 7) is 0.906. The molecular formula is C21H17N5O2. The van der Waals surface area contributed by atoms with Crippen molar-refractivity contribution in [2.24, 2.45) is 4.99 Å². The maximum Gasteiger partial charge on any atom is 0.240 e. The van der Waals surface area contributed by atoms with E-state index in [1.54, 1.807) is 11.0 Å². The highest BCUT2D eigenvalue weighted by Crippen LogP contribution is 2.34. The zero-order chi connectivity index (χ0) is 18.8. The summed E-state index contributed by atoms with van der Waals surface area (Å²) in [5.74, 6) is 1.14. The number of hydrogen-bond acceptors (Lipinski definition) is 6. The molecule has 7 heteroatoms. The van der Waals surface area contributed by atoms with Crippen LogP contribution in [0.5, 0.6) is 0 Å². The van der Waals surface area contributed by atoms with Gasteiger partial charge in [0.15, 0.2) is 11.5 Å². The Labute approximate surface area is 161 Å². The zero-order valence-corrected chi connectivity index (χ0v) is 15.0. The van der Waals surface area contributed by atoms with Crippen molar-refractivity contribution < 1.29 is 9.26 Å². The Bertz CT molecular complexity index is 1090. The predicted molar refractivity (Wildman–Crippen MR) is 103 cm³/mol. The van der Waals surface area contributed by atoms with E-state index in [1.165, 1.54) is 6.33 Å². The lowest BCUT2D eigenvalue weighted by Crippen LogP contribution is -2.31. The standard InChI is InChI=1S/C21H17N5O2/c1-3-7-16(8-4-1)19-11-18(25-28-19)20-24-21(13-27-20,12-26-15-22-14-23-26)17-9-5-2-6-10-17/h1-11,14-15H,12-13H2. The summed E-state index contributed by atoms with van der Waals surface area (Å²) < 4.78 is 13.2. The van der Waals surface area contributed by atoms with Gasteiger partial charge < -0.3 is 9.26 Å². The number of rotatable bonds is 5. The summed E-state index contributed by atoms with van der Waals surface area (Å²) in [5.41, 5.74) is 1.98. The Kier molecular flexibility index (Phi) is 3.97. The molecule has 0 radical (unpaired) electrons. The van der Waals surface area contributed by atoms with Gasteiger partial charge >= 0.3 is 0 Å². The monoisotopic (exact) mass is 371 g/mol. The molecule has 0 amide bonds. The molecule has 5 rings (SSSR count). The molecule has 0 aliphatic carbocycles. The van der Waals surface area contributed by atoms with E-state index in [4.69, 9.17) is 14.3 Å². The zero-order valence-electron chi connectivity index (χ0n) is 15.0. The van der Waals surface area contributed by atoms with Crippen LogP contribution < -0.4 is 0 Å². The van der Waals surface area contributed by atoms with E-state index >= 15 is 0 Å². The van der Waals surface area contributed by atoms with Crippen molar-refractivity contribution >= 4 is 5.90 Å². The van der Waals surface area contributed by atoms with Gasteiger partial charge in [-0.3, -0.25) is 4.68 Å². The maximum atomic E-state index is 5.97. The average Bonchev–Trinajstić information content (AvgIpc) is 3.51. The highest BCUT2D eigenvalue weighted by Gasteiger charge is 2.40. The van der Waals surface area contributed by atoms with Crippen LogP contribution in [-0.4, -0.2) is 32.4 Å². The molecule has 2 aromatic heterocycles. The van der Waals surface area contributed by atoms with E-state index in [0.717, 1.165) is 11.1 Å². The minimum absolute atomic E-state index is 0.389. The first-order valence-electron chi connectivity index (χ1n) is 8.96. The van der Waals surface area contributed by atoms with Gasteiger partial charge in [0.2, 0.25) is 5.90 Å². The lowest BCUT2D eigenvalue weighted by molar-refractivity contribution is 0.229. The van der Waals surface area contributed by atoms with Gasteiger partial charge in [0.05, 0.1) is 6.54 Å². The molecule has 1 unspecified atom stereocenters. The summed E-state index contributed by atoms with van der Waals surface area (Å²) in [6, 6.07) is 21.7. The fourth-order valence-corrected chi connectivity index (χ4v) is 3.34. The fraction of sp³-hybridized carbons (Fsp3) is 0.143. The minimum Gasteiger partial charge on any atom is -0.473 e. The maximum absolute atomic E-state index is 5.97. The molecule has 1 atom stereocenters. The number of hydrogen-bond donors (Lipinski definition) is 0. The van der Waals surface area contributed by atoms with Crippen molar-refractivity contribution in [1.29, 1.82) is 0 Å². The van der Waals surface area contributed by atoms with Crippen molar-refractivity contribution in [1.82, 2.24) is 19.9 Å². The molecular weight excluding hydrogens is 354 g/mol.